The van der Waals surface area contributed by atoms with E-state index < -0.39 is 5.60 Å². The molecule has 0 aromatic carbocycles. The highest BCUT2D eigenvalue weighted by Gasteiger charge is 2.55. The average Bonchev–Trinajstić information content (AvgIpc) is 2.82. The lowest BCUT2D eigenvalue weighted by molar-refractivity contribution is -0.0930. The third kappa shape index (κ3) is 3.36. The van der Waals surface area contributed by atoms with Gasteiger partial charge in [-0.05, 0) is 59.1 Å². The maximum atomic E-state index is 12.2. The predicted molar refractivity (Wildman–Crippen MR) is 111 cm³/mol. The Morgan fingerprint density at radius 1 is 1.21 bits per heavy atom. The van der Waals surface area contributed by atoms with Crippen molar-refractivity contribution < 1.29 is 9.53 Å². The largest absolute Gasteiger partial charge is 0.444 e. The molecule has 7 heteroatoms. The number of likely N-dealkylation sites (tertiary alicyclic amines) is 1. The molecule has 2 fully saturated rings. The molecule has 0 unspecified atom stereocenters. The molecule has 1 aliphatic heterocycles. The Hall–Kier alpha value is -2.57. The summed E-state index contributed by atoms with van der Waals surface area (Å²) in [6.07, 6.45) is 1.81. The van der Waals surface area contributed by atoms with Crippen LogP contribution in [0.25, 0.3) is 11.4 Å². The van der Waals surface area contributed by atoms with Gasteiger partial charge in [-0.3, -0.25) is 9.48 Å². The van der Waals surface area contributed by atoms with Gasteiger partial charge in [0.05, 0.1) is 11.7 Å². The first kappa shape index (κ1) is 19.7. The van der Waals surface area contributed by atoms with Gasteiger partial charge in [0.1, 0.15) is 11.3 Å². The average molecular weight is 399 g/mol. The molecular formula is C22H30N4O3. The third-order valence-electron chi connectivity index (χ3n) is 6.26. The Morgan fingerprint density at radius 2 is 1.86 bits per heavy atom. The van der Waals surface area contributed by atoms with Gasteiger partial charge in [-0.2, -0.15) is 5.10 Å². The fourth-order valence-electron chi connectivity index (χ4n) is 4.59. The molecule has 7 nitrogen and oxygen atoms in total. The van der Waals surface area contributed by atoms with Crippen LogP contribution >= 0.6 is 0 Å². The number of carbonyl (C=O) groups excluding carboxylic acids is 1. The molecule has 1 spiro atoms. The van der Waals surface area contributed by atoms with Crippen LogP contribution in [0.15, 0.2) is 23.0 Å². The van der Waals surface area contributed by atoms with Crippen molar-refractivity contribution in [3.05, 3.63) is 39.8 Å². The summed E-state index contributed by atoms with van der Waals surface area (Å²) in [5.74, 6) is 0. The summed E-state index contributed by atoms with van der Waals surface area (Å²) >= 11 is 0. The van der Waals surface area contributed by atoms with Crippen molar-refractivity contribution in [2.75, 3.05) is 13.1 Å². The molecule has 2 aromatic rings. The number of pyridine rings is 1. The molecule has 0 atom stereocenters. The van der Waals surface area contributed by atoms with E-state index in [2.05, 4.69) is 18.5 Å². The lowest BCUT2D eigenvalue weighted by Gasteiger charge is -2.58. The second-order valence-corrected chi connectivity index (χ2v) is 9.71. The minimum Gasteiger partial charge on any atom is -0.444 e. The summed E-state index contributed by atoms with van der Waals surface area (Å²) in [6, 6.07) is 5.62. The number of hydrogen-bond donors (Lipinski definition) is 0. The summed E-state index contributed by atoms with van der Waals surface area (Å²) in [5.41, 5.74) is 3.66. The second-order valence-electron chi connectivity index (χ2n) is 9.71. The lowest BCUT2D eigenvalue weighted by Crippen LogP contribution is -2.64. The molecule has 29 heavy (non-hydrogen) atoms. The van der Waals surface area contributed by atoms with Gasteiger partial charge >= 0.3 is 6.09 Å². The Labute approximate surface area is 171 Å². The fourth-order valence-corrected chi connectivity index (χ4v) is 4.59. The van der Waals surface area contributed by atoms with E-state index in [0.29, 0.717) is 6.04 Å². The number of nitrogens with zero attached hydrogens (tertiary/aromatic N) is 4. The first-order valence-electron chi connectivity index (χ1n) is 10.2. The van der Waals surface area contributed by atoms with Crippen molar-refractivity contribution in [3.63, 3.8) is 0 Å². The van der Waals surface area contributed by atoms with Gasteiger partial charge < -0.3 is 14.2 Å². The minimum absolute atomic E-state index is 0.0339. The van der Waals surface area contributed by atoms with Crippen LogP contribution < -0.4 is 5.56 Å². The van der Waals surface area contributed by atoms with E-state index in [1.165, 1.54) is 0 Å². The summed E-state index contributed by atoms with van der Waals surface area (Å²) < 4.78 is 9.22. The van der Waals surface area contributed by atoms with E-state index in [1.807, 2.05) is 26.8 Å². The minimum atomic E-state index is -0.459. The molecule has 0 radical (unpaired) electrons. The number of carbonyl (C=O) groups is 1. The van der Waals surface area contributed by atoms with Gasteiger partial charge in [-0.25, -0.2) is 4.79 Å². The highest BCUT2D eigenvalue weighted by Crippen LogP contribution is 2.54. The Kier molecular flexibility index (Phi) is 4.40. The van der Waals surface area contributed by atoms with Gasteiger partial charge in [0.15, 0.2) is 0 Å². The van der Waals surface area contributed by atoms with Crippen molar-refractivity contribution >= 4 is 6.09 Å². The van der Waals surface area contributed by atoms with Gasteiger partial charge in [0.2, 0.25) is 0 Å². The smallest absolute Gasteiger partial charge is 0.410 e. The Balaban J connectivity index is 1.46. The van der Waals surface area contributed by atoms with Crippen LogP contribution in [0.4, 0.5) is 4.79 Å². The molecule has 1 amide bonds. The van der Waals surface area contributed by atoms with Crippen LogP contribution in [0.3, 0.4) is 0 Å². The number of hydrogen-bond acceptors (Lipinski definition) is 4. The van der Waals surface area contributed by atoms with Crippen molar-refractivity contribution in [3.8, 4) is 11.4 Å². The molecule has 3 heterocycles. The van der Waals surface area contributed by atoms with Crippen LogP contribution in [0.5, 0.6) is 0 Å². The molecule has 1 aliphatic carbocycles. The van der Waals surface area contributed by atoms with E-state index in [-0.39, 0.29) is 17.1 Å². The summed E-state index contributed by atoms with van der Waals surface area (Å²) in [6.45, 7) is 11.4. The topological polar surface area (TPSA) is 69.4 Å². The highest BCUT2D eigenvalue weighted by atomic mass is 16.6. The standard InChI is InChI=1S/C22H30N4O3/c1-14-15(2)26(23-19(14)17-8-7-9-18(27)24(17)6)16-10-22(11-16)12-25(13-22)20(28)29-21(3,4)5/h7-9,16H,10-13H2,1-6H3. The van der Waals surface area contributed by atoms with Crippen molar-refractivity contribution in [2.45, 2.75) is 59.1 Å². The zero-order valence-electron chi connectivity index (χ0n) is 18.2. The van der Waals surface area contributed by atoms with Crippen LogP contribution in [0.2, 0.25) is 0 Å². The molecule has 2 aliphatic rings. The van der Waals surface area contributed by atoms with Gasteiger partial charge in [-0.15, -0.1) is 0 Å². The van der Waals surface area contributed by atoms with Crippen molar-refractivity contribution in [2.24, 2.45) is 12.5 Å². The summed E-state index contributed by atoms with van der Waals surface area (Å²) in [7, 11) is 1.78. The molecule has 0 bridgehead atoms. The van der Waals surface area contributed by atoms with Gasteiger partial charge in [0.25, 0.3) is 5.56 Å². The summed E-state index contributed by atoms with van der Waals surface area (Å²) in [5, 5.41) is 4.88. The lowest BCUT2D eigenvalue weighted by atomic mass is 9.61. The molecule has 156 valence electrons. The molecule has 4 rings (SSSR count). The maximum absolute atomic E-state index is 12.2. The molecular weight excluding hydrogens is 368 g/mol. The van der Waals surface area contributed by atoms with E-state index in [0.717, 1.165) is 48.6 Å². The van der Waals surface area contributed by atoms with E-state index >= 15 is 0 Å². The van der Waals surface area contributed by atoms with Crippen molar-refractivity contribution in [1.82, 2.24) is 19.2 Å². The van der Waals surface area contributed by atoms with Gasteiger partial charge in [-0.1, -0.05) is 6.07 Å². The first-order chi connectivity index (χ1) is 13.5. The normalized spacial score (nSPS) is 18.5. The zero-order chi connectivity index (χ0) is 21.1. The predicted octanol–water partition coefficient (Wildman–Crippen LogP) is 3.44. The number of ether oxygens (including phenoxy) is 1. The molecule has 1 saturated heterocycles. The molecule has 0 N–H and O–H groups in total. The zero-order valence-corrected chi connectivity index (χ0v) is 18.2. The van der Waals surface area contributed by atoms with E-state index in [1.54, 1.807) is 28.6 Å². The van der Waals surface area contributed by atoms with Crippen LogP contribution in [0.1, 0.15) is 50.9 Å². The second kappa shape index (κ2) is 6.47. The van der Waals surface area contributed by atoms with Crippen LogP contribution in [0, 0.1) is 19.3 Å². The third-order valence-corrected chi connectivity index (χ3v) is 6.26. The molecule has 1 saturated carbocycles. The summed E-state index contributed by atoms with van der Waals surface area (Å²) in [4.78, 5) is 26.0. The van der Waals surface area contributed by atoms with E-state index in [4.69, 9.17) is 9.84 Å². The first-order valence-corrected chi connectivity index (χ1v) is 10.2. The Bertz CT molecular complexity index is 1010. The highest BCUT2D eigenvalue weighted by molar-refractivity contribution is 5.69. The van der Waals surface area contributed by atoms with Crippen LogP contribution in [-0.2, 0) is 11.8 Å². The van der Waals surface area contributed by atoms with E-state index in [9.17, 15) is 9.59 Å². The number of amides is 1. The quantitative estimate of drug-likeness (QED) is 0.777. The monoisotopic (exact) mass is 398 g/mol. The number of aromatic nitrogens is 3. The maximum Gasteiger partial charge on any atom is 0.410 e. The van der Waals surface area contributed by atoms with Crippen LogP contribution in [-0.4, -0.2) is 44.0 Å². The number of rotatable bonds is 2. The SMILES string of the molecule is Cc1c(-c2cccc(=O)n2C)nn(C2CC3(C2)CN(C(=O)OC(C)(C)C)C3)c1C. The Morgan fingerprint density at radius 3 is 2.48 bits per heavy atom. The van der Waals surface area contributed by atoms with Crippen molar-refractivity contribution in [1.29, 1.82) is 0 Å². The molecule has 2 aromatic heterocycles. The van der Waals surface area contributed by atoms with Gasteiger partial charge in [0, 0.05) is 37.3 Å². The fraction of sp³-hybridized carbons (Fsp3) is 0.591.